The second-order valence-corrected chi connectivity index (χ2v) is 6.90. The molecular weight excluding hydrogens is 324 g/mol. The van der Waals surface area contributed by atoms with Gasteiger partial charge in [0, 0.05) is 11.1 Å². The predicted molar refractivity (Wildman–Crippen MR) is 92.7 cm³/mol. The molecule has 21 heavy (non-hydrogen) atoms. The molecule has 0 amide bonds. The fraction of sp³-hybridized carbons (Fsp3) is 0.368. The molecule has 2 aromatic rings. The van der Waals surface area contributed by atoms with Crippen molar-refractivity contribution in [2.45, 2.75) is 32.6 Å². The highest BCUT2D eigenvalue weighted by atomic mass is 79.9. The van der Waals surface area contributed by atoms with E-state index in [0.717, 1.165) is 17.3 Å². The van der Waals surface area contributed by atoms with Crippen molar-refractivity contribution in [3.05, 3.63) is 69.7 Å². The molecule has 1 N–H and O–H groups in total. The Morgan fingerprint density at radius 1 is 0.952 bits per heavy atom. The van der Waals surface area contributed by atoms with Gasteiger partial charge in [-0.3, -0.25) is 0 Å². The second-order valence-electron chi connectivity index (χ2n) is 5.98. The van der Waals surface area contributed by atoms with Crippen LogP contribution in [0.2, 0.25) is 0 Å². The quantitative estimate of drug-likeness (QED) is 0.783. The highest BCUT2D eigenvalue weighted by Gasteiger charge is 2.10. The van der Waals surface area contributed by atoms with E-state index in [-0.39, 0.29) is 12.5 Å². The smallest absolute Gasteiger partial charge is 0.0465 e. The van der Waals surface area contributed by atoms with Crippen molar-refractivity contribution in [1.82, 2.24) is 0 Å². The lowest BCUT2D eigenvalue weighted by atomic mass is 9.92. The fourth-order valence-corrected chi connectivity index (χ4v) is 3.02. The molecule has 0 heterocycles. The summed E-state index contributed by atoms with van der Waals surface area (Å²) in [5.41, 5.74) is 3.93. The summed E-state index contributed by atoms with van der Waals surface area (Å²) in [5.74, 6) is 0.832. The molecular formula is C19H23BrO. The zero-order chi connectivity index (χ0) is 15.2. The summed E-state index contributed by atoms with van der Waals surface area (Å²) >= 11 is 3.50. The molecule has 0 spiro atoms. The molecule has 0 aromatic heterocycles. The molecule has 0 saturated carbocycles. The van der Waals surface area contributed by atoms with Crippen LogP contribution in [-0.4, -0.2) is 11.7 Å². The molecule has 2 aromatic carbocycles. The summed E-state index contributed by atoms with van der Waals surface area (Å²) in [4.78, 5) is 0. The van der Waals surface area contributed by atoms with Gasteiger partial charge in [0.15, 0.2) is 0 Å². The van der Waals surface area contributed by atoms with Crippen LogP contribution in [-0.2, 0) is 12.8 Å². The lowest BCUT2D eigenvalue weighted by Gasteiger charge is -2.15. The number of hydrogen-bond acceptors (Lipinski definition) is 1. The van der Waals surface area contributed by atoms with Crippen molar-refractivity contribution in [3.8, 4) is 0 Å². The van der Waals surface area contributed by atoms with E-state index in [1.54, 1.807) is 0 Å². The van der Waals surface area contributed by atoms with Crippen LogP contribution < -0.4 is 0 Å². The highest BCUT2D eigenvalue weighted by molar-refractivity contribution is 9.10. The van der Waals surface area contributed by atoms with Gasteiger partial charge in [0.25, 0.3) is 0 Å². The molecule has 2 rings (SSSR count). The van der Waals surface area contributed by atoms with Gasteiger partial charge in [0.2, 0.25) is 0 Å². The minimum absolute atomic E-state index is 0.221. The predicted octanol–water partition coefficient (Wildman–Crippen LogP) is 4.97. The van der Waals surface area contributed by atoms with Gasteiger partial charge in [-0.2, -0.15) is 0 Å². The first-order chi connectivity index (χ1) is 10.1. The third kappa shape index (κ3) is 4.98. The molecule has 1 atom stereocenters. The van der Waals surface area contributed by atoms with Crippen LogP contribution in [0.15, 0.2) is 53.0 Å². The van der Waals surface area contributed by atoms with Crippen molar-refractivity contribution in [2.75, 3.05) is 6.61 Å². The normalized spacial score (nSPS) is 12.6. The minimum Gasteiger partial charge on any atom is -0.396 e. The molecule has 0 aliphatic heterocycles. The fourth-order valence-electron chi connectivity index (χ4n) is 2.57. The van der Waals surface area contributed by atoms with Gasteiger partial charge in [-0.1, -0.05) is 66.2 Å². The first-order valence-electron chi connectivity index (χ1n) is 7.52. The van der Waals surface area contributed by atoms with Crippen molar-refractivity contribution in [1.29, 1.82) is 0 Å². The van der Waals surface area contributed by atoms with E-state index in [1.165, 1.54) is 16.7 Å². The number of aliphatic hydroxyl groups is 1. The van der Waals surface area contributed by atoms with Gasteiger partial charge in [-0.15, -0.1) is 0 Å². The zero-order valence-electron chi connectivity index (χ0n) is 12.7. The molecule has 1 nitrogen and oxygen atoms in total. The molecule has 0 aliphatic rings. The molecule has 0 saturated heterocycles. The van der Waals surface area contributed by atoms with E-state index in [0.29, 0.717) is 5.92 Å². The summed E-state index contributed by atoms with van der Waals surface area (Å²) in [5, 5.41) is 9.65. The monoisotopic (exact) mass is 346 g/mol. The Balaban J connectivity index is 2.01. The van der Waals surface area contributed by atoms with Gasteiger partial charge in [-0.05, 0) is 53.5 Å². The third-order valence-electron chi connectivity index (χ3n) is 3.84. The molecule has 0 aliphatic carbocycles. The van der Waals surface area contributed by atoms with Gasteiger partial charge in [0.1, 0.15) is 0 Å². The summed E-state index contributed by atoms with van der Waals surface area (Å²) < 4.78 is 1.10. The van der Waals surface area contributed by atoms with E-state index < -0.39 is 0 Å². The Morgan fingerprint density at radius 2 is 1.62 bits per heavy atom. The summed E-state index contributed by atoms with van der Waals surface area (Å²) in [7, 11) is 0. The Labute approximate surface area is 136 Å². The van der Waals surface area contributed by atoms with Crippen LogP contribution >= 0.6 is 15.9 Å². The molecule has 2 heteroatoms. The first-order valence-corrected chi connectivity index (χ1v) is 8.32. The second kappa shape index (κ2) is 7.77. The Kier molecular flexibility index (Phi) is 6.01. The van der Waals surface area contributed by atoms with E-state index in [9.17, 15) is 5.11 Å². The van der Waals surface area contributed by atoms with Crippen LogP contribution in [0.25, 0.3) is 0 Å². The SMILES string of the molecule is CC(C)c1ccc(CC(CO)Cc2cccc(Br)c2)cc1. The maximum atomic E-state index is 9.65. The van der Waals surface area contributed by atoms with Crippen LogP contribution in [0.5, 0.6) is 0 Å². The van der Waals surface area contributed by atoms with E-state index in [4.69, 9.17) is 0 Å². The topological polar surface area (TPSA) is 20.2 Å². The van der Waals surface area contributed by atoms with Crippen molar-refractivity contribution >= 4 is 15.9 Å². The van der Waals surface area contributed by atoms with Gasteiger partial charge in [0.05, 0.1) is 0 Å². The van der Waals surface area contributed by atoms with Crippen molar-refractivity contribution < 1.29 is 5.11 Å². The highest BCUT2D eigenvalue weighted by Crippen LogP contribution is 2.20. The number of hydrogen-bond donors (Lipinski definition) is 1. The third-order valence-corrected chi connectivity index (χ3v) is 4.34. The lowest BCUT2D eigenvalue weighted by molar-refractivity contribution is 0.225. The van der Waals surface area contributed by atoms with E-state index in [2.05, 4.69) is 66.2 Å². The maximum Gasteiger partial charge on any atom is 0.0465 e. The van der Waals surface area contributed by atoms with Crippen molar-refractivity contribution in [2.24, 2.45) is 5.92 Å². The lowest BCUT2D eigenvalue weighted by Crippen LogP contribution is -2.13. The molecule has 0 bridgehead atoms. The number of benzene rings is 2. The van der Waals surface area contributed by atoms with Crippen LogP contribution in [0.1, 0.15) is 36.5 Å². The molecule has 112 valence electrons. The number of aliphatic hydroxyl groups excluding tert-OH is 1. The zero-order valence-corrected chi connectivity index (χ0v) is 14.3. The Morgan fingerprint density at radius 3 is 2.19 bits per heavy atom. The molecule has 0 fully saturated rings. The summed E-state index contributed by atoms with van der Waals surface area (Å²) in [6.45, 7) is 4.63. The van der Waals surface area contributed by atoms with E-state index in [1.807, 2.05) is 12.1 Å². The molecule has 1 unspecified atom stereocenters. The van der Waals surface area contributed by atoms with Crippen molar-refractivity contribution in [3.63, 3.8) is 0 Å². The molecule has 0 radical (unpaired) electrons. The summed E-state index contributed by atoms with van der Waals surface area (Å²) in [6.07, 6.45) is 1.82. The van der Waals surface area contributed by atoms with Gasteiger partial charge < -0.3 is 5.11 Å². The minimum atomic E-state index is 0.221. The Bertz CT molecular complexity index is 560. The maximum absolute atomic E-state index is 9.65. The van der Waals surface area contributed by atoms with Crippen LogP contribution in [0.4, 0.5) is 0 Å². The first kappa shape index (κ1) is 16.3. The average Bonchev–Trinajstić information content (AvgIpc) is 2.47. The standard InChI is InChI=1S/C19H23BrO/c1-14(2)18-8-6-15(7-9-18)10-17(13-21)11-16-4-3-5-19(20)12-16/h3-9,12,14,17,21H,10-11,13H2,1-2H3. The Hall–Kier alpha value is -1.12. The van der Waals surface area contributed by atoms with Crippen LogP contribution in [0.3, 0.4) is 0 Å². The van der Waals surface area contributed by atoms with Gasteiger partial charge in [-0.25, -0.2) is 0 Å². The summed E-state index contributed by atoms with van der Waals surface area (Å²) in [6, 6.07) is 17.1. The number of rotatable bonds is 6. The number of halogens is 1. The van der Waals surface area contributed by atoms with Gasteiger partial charge >= 0.3 is 0 Å². The van der Waals surface area contributed by atoms with Crippen LogP contribution in [0, 0.1) is 5.92 Å². The van der Waals surface area contributed by atoms with E-state index >= 15 is 0 Å². The average molecular weight is 347 g/mol. The largest absolute Gasteiger partial charge is 0.396 e.